The number of benzene rings is 3. The van der Waals surface area contributed by atoms with Crippen molar-refractivity contribution in [2.75, 3.05) is 0 Å². The minimum atomic E-state index is -0.0718. The molecule has 0 fully saturated rings. The number of pyridine rings is 1. The van der Waals surface area contributed by atoms with Gasteiger partial charge in [0.05, 0.1) is 23.8 Å². The number of thioether (sulfide) groups is 1. The normalized spacial score (nSPS) is 11.0. The van der Waals surface area contributed by atoms with Crippen LogP contribution < -0.4 is 5.32 Å². The van der Waals surface area contributed by atoms with Gasteiger partial charge in [-0.3, -0.25) is 9.78 Å². The number of fused-ring (bicyclic) bond motifs is 1. The molecule has 5 aromatic rings. The third kappa shape index (κ3) is 5.66. The molecule has 0 saturated heterocycles. The number of hydrogen-bond acceptors (Lipinski definition) is 4. The molecule has 0 aliphatic rings. The van der Waals surface area contributed by atoms with Gasteiger partial charge in [-0.25, -0.2) is 4.98 Å². The first-order chi connectivity index (χ1) is 17.7. The Morgan fingerprint density at radius 3 is 2.33 bits per heavy atom. The van der Waals surface area contributed by atoms with E-state index in [0.717, 1.165) is 39.5 Å². The molecular formula is C30H28N4OS. The van der Waals surface area contributed by atoms with Gasteiger partial charge in [-0.1, -0.05) is 85.4 Å². The largest absolute Gasteiger partial charge is 0.348 e. The Hall–Kier alpha value is -3.90. The van der Waals surface area contributed by atoms with Gasteiger partial charge in [-0.2, -0.15) is 0 Å². The van der Waals surface area contributed by atoms with Crippen molar-refractivity contribution in [2.45, 2.75) is 37.3 Å². The Morgan fingerprint density at radius 2 is 1.58 bits per heavy atom. The number of hydrogen-bond donors (Lipinski definition) is 1. The van der Waals surface area contributed by atoms with Crippen LogP contribution in [0.4, 0.5) is 0 Å². The summed E-state index contributed by atoms with van der Waals surface area (Å²) < 4.78 is 2.20. The average Bonchev–Trinajstić information content (AvgIpc) is 3.29. The van der Waals surface area contributed by atoms with Crippen molar-refractivity contribution in [2.24, 2.45) is 0 Å². The number of amides is 1. The second-order valence-corrected chi connectivity index (χ2v) is 9.61. The highest BCUT2D eigenvalue weighted by Crippen LogP contribution is 2.27. The summed E-state index contributed by atoms with van der Waals surface area (Å²) in [4.78, 5) is 21.9. The molecule has 6 heteroatoms. The first kappa shape index (κ1) is 23.8. The van der Waals surface area contributed by atoms with E-state index < -0.39 is 0 Å². The second-order valence-electron chi connectivity index (χ2n) is 8.67. The fourth-order valence-electron chi connectivity index (χ4n) is 4.05. The van der Waals surface area contributed by atoms with Crippen LogP contribution in [-0.4, -0.2) is 20.4 Å². The molecule has 2 heterocycles. The molecule has 0 atom stereocenters. The van der Waals surface area contributed by atoms with Crippen LogP contribution in [0.2, 0.25) is 0 Å². The van der Waals surface area contributed by atoms with Crippen molar-refractivity contribution in [1.82, 2.24) is 19.9 Å². The molecule has 36 heavy (non-hydrogen) atoms. The summed E-state index contributed by atoms with van der Waals surface area (Å²) in [5.41, 5.74) is 7.34. The van der Waals surface area contributed by atoms with Crippen molar-refractivity contribution in [3.8, 4) is 0 Å². The Labute approximate surface area is 215 Å². The molecule has 0 bridgehead atoms. The minimum Gasteiger partial charge on any atom is -0.348 e. The van der Waals surface area contributed by atoms with Crippen LogP contribution in [0.3, 0.4) is 0 Å². The number of imidazole rings is 1. The zero-order chi connectivity index (χ0) is 24.7. The van der Waals surface area contributed by atoms with E-state index in [9.17, 15) is 4.79 Å². The molecule has 3 aromatic carbocycles. The van der Waals surface area contributed by atoms with Crippen LogP contribution in [-0.2, 0) is 25.3 Å². The topological polar surface area (TPSA) is 59.8 Å². The van der Waals surface area contributed by atoms with Crippen LogP contribution in [0.25, 0.3) is 11.0 Å². The maximum absolute atomic E-state index is 12.7. The van der Waals surface area contributed by atoms with Crippen molar-refractivity contribution in [1.29, 1.82) is 0 Å². The van der Waals surface area contributed by atoms with E-state index in [0.29, 0.717) is 18.7 Å². The summed E-state index contributed by atoms with van der Waals surface area (Å²) in [5, 5.41) is 3.97. The molecular weight excluding hydrogens is 464 g/mol. The Bertz CT molecular complexity index is 1440. The molecule has 180 valence electrons. The standard InChI is InChI=1S/C30H28N4OS/c1-2-22-8-10-23(11-9-22)18-32-29(35)26-14-12-24(13-15-26)20-34-28-19-31-17-16-27(28)33-30(34)36-21-25-6-4-3-5-7-25/h3-17,19H,2,18,20-21H2,1H3,(H,32,35). The van der Waals surface area contributed by atoms with Gasteiger partial charge in [0.2, 0.25) is 0 Å². The van der Waals surface area contributed by atoms with Gasteiger partial charge in [0, 0.05) is 24.1 Å². The van der Waals surface area contributed by atoms with Gasteiger partial charge in [0.1, 0.15) is 0 Å². The zero-order valence-corrected chi connectivity index (χ0v) is 21.0. The Morgan fingerprint density at radius 1 is 0.861 bits per heavy atom. The van der Waals surface area contributed by atoms with Gasteiger partial charge in [0.25, 0.3) is 5.91 Å². The van der Waals surface area contributed by atoms with E-state index in [2.05, 4.69) is 70.3 Å². The Kier molecular flexibility index (Phi) is 7.43. The second kappa shape index (κ2) is 11.2. The Balaban J connectivity index is 1.27. The fraction of sp³-hybridized carbons (Fsp3) is 0.167. The van der Waals surface area contributed by atoms with Gasteiger partial charge in [-0.05, 0) is 46.9 Å². The van der Waals surface area contributed by atoms with Gasteiger partial charge < -0.3 is 9.88 Å². The number of carbonyl (C=O) groups is 1. The molecule has 0 aliphatic carbocycles. The molecule has 0 spiro atoms. The van der Waals surface area contributed by atoms with Crippen molar-refractivity contribution in [3.63, 3.8) is 0 Å². The molecule has 0 unspecified atom stereocenters. The summed E-state index contributed by atoms with van der Waals surface area (Å²) in [7, 11) is 0. The number of aryl methyl sites for hydroxylation is 1. The molecule has 0 aliphatic heterocycles. The zero-order valence-electron chi connectivity index (χ0n) is 20.2. The number of nitrogens with one attached hydrogen (secondary N) is 1. The van der Waals surface area contributed by atoms with E-state index >= 15 is 0 Å². The predicted octanol–water partition coefficient (Wildman–Crippen LogP) is 6.26. The summed E-state index contributed by atoms with van der Waals surface area (Å²) in [6, 6.07) is 28.5. The lowest BCUT2D eigenvalue weighted by molar-refractivity contribution is 0.0951. The minimum absolute atomic E-state index is 0.0718. The molecule has 0 radical (unpaired) electrons. The van der Waals surface area contributed by atoms with Crippen LogP contribution >= 0.6 is 11.8 Å². The van der Waals surface area contributed by atoms with E-state index in [-0.39, 0.29) is 5.91 Å². The molecule has 2 aromatic heterocycles. The van der Waals surface area contributed by atoms with Gasteiger partial charge in [-0.15, -0.1) is 0 Å². The van der Waals surface area contributed by atoms with E-state index in [1.54, 1.807) is 18.0 Å². The number of carbonyl (C=O) groups excluding carboxylic acids is 1. The van der Waals surface area contributed by atoms with Crippen LogP contribution in [0, 0.1) is 0 Å². The number of rotatable bonds is 9. The molecule has 5 nitrogen and oxygen atoms in total. The van der Waals surface area contributed by atoms with Crippen LogP contribution in [0.1, 0.15) is 39.5 Å². The lowest BCUT2D eigenvalue weighted by Crippen LogP contribution is -2.22. The third-order valence-electron chi connectivity index (χ3n) is 6.17. The summed E-state index contributed by atoms with van der Waals surface area (Å²) in [6.45, 7) is 3.31. The van der Waals surface area contributed by atoms with E-state index in [1.165, 1.54) is 11.1 Å². The van der Waals surface area contributed by atoms with E-state index in [1.807, 2.05) is 42.6 Å². The number of aromatic nitrogens is 3. The summed E-state index contributed by atoms with van der Waals surface area (Å²) in [5.74, 6) is 0.773. The lowest BCUT2D eigenvalue weighted by atomic mass is 10.1. The molecule has 1 N–H and O–H groups in total. The first-order valence-electron chi connectivity index (χ1n) is 12.1. The van der Waals surface area contributed by atoms with Gasteiger partial charge in [0.15, 0.2) is 5.16 Å². The smallest absolute Gasteiger partial charge is 0.251 e. The van der Waals surface area contributed by atoms with Crippen molar-refractivity contribution < 1.29 is 4.79 Å². The summed E-state index contributed by atoms with van der Waals surface area (Å²) in [6.07, 6.45) is 4.65. The van der Waals surface area contributed by atoms with Crippen molar-refractivity contribution in [3.05, 3.63) is 125 Å². The van der Waals surface area contributed by atoms with Gasteiger partial charge >= 0.3 is 0 Å². The van der Waals surface area contributed by atoms with Crippen molar-refractivity contribution >= 4 is 28.7 Å². The molecule has 0 saturated carbocycles. The summed E-state index contributed by atoms with van der Waals surface area (Å²) >= 11 is 1.72. The first-order valence-corrected chi connectivity index (χ1v) is 13.1. The van der Waals surface area contributed by atoms with Crippen LogP contribution in [0.5, 0.6) is 0 Å². The molecule has 5 rings (SSSR count). The fourth-order valence-corrected chi connectivity index (χ4v) is 5.02. The lowest BCUT2D eigenvalue weighted by Gasteiger charge is -2.10. The monoisotopic (exact) mass is 492 g/mol. The average molecular weight is 493 g/mol. The SMILES string of the molecule is CCc1ccc(CNC(=O)c2ccc(Cn3c(SCc4ccccc4)nc4ccncc43)cc2)cc1. The predicted molar refractivity (Wildman–Crippen MR) is 146 cm³/mol. The highest BCUT2D eigenvalue weighted by Gasteiger charge is 2.13. The maximum atomic E-state index is 12.7. The maximum Gasteiger partial charge on any atom is 0.251 e. The quantitative estimate of drug-likeness (QED) is 0.247. The third-order valence-corrected chi connectivity index (χ3v) is 7.21. The molecule has 1 amide bonds. The van der Waals surface area contributed by atoms with Crippen LogP contribution in [0.15, 0.2) is 102 Å². The highest BCUT2D eigenvalue weighted by atomic mass is 32.2. The highest BCUT2D eigenvalue weighted by molar-refractivity contribution is 7.98. The number of nitrogens with zero attached hydrogens (tertiary/aromatic N) is 3. The van der Waals surface area contributed by atoms with E-state index in [4.69, 9.17) is 4.98 Å².